The predicted molar refractivity (Wildman–Crippen MR) is 78.1 cm³/mol. The van der Waals surface area contributed by atoms with E-state index in [1.165, 1.54) is 5.56 Å². The molecule has 96 valence electrons. The summed E-state index contributed by atoms with van der Waals surface area (Å²) in [6.07, 6.45) is 1.76. The lowest BCUT2D eigenvalue weighted by Crippen LogP contribution is -2.16. The highest BCUT2D eigenvalue weighted by molar-refractivity contribution is 9.13. The number of benzene rings is 1. The van der Waals surface area contributed by atoms with Crippen LogP contribution >= 0.6 is 31.9 Å². The topological polar surface area (TPSA) is 42.7 Å². The van der Waals surface area contributed by atoms with E-state index in [4.69, 9.17) is 0 Å². The first-order valence-electron chi connectivity index (χ1n) is 5.72. The molecule has 0 saturated heterocycles. The molecule has 0 fully saturated rings. The van der Waals surface area contributed by atoms with Crippen LogP contribution in [0.4, 0.5) is 0 Å². The Morgan fingerprint density at radius 1 is 1.22 bits per heavy atom. The van der Waals surface area contributed by atoms with Crippen molar-refractivity contribution >= 4 is 31.9 Å². The first kappa shape index (κ1) is 13.7. The quantitative estimate of drug-likeness (QED) is 0.875. The molecule has 1 aromatic heterocycles. The molecule has 0 aliphatic carbocycles. The molecule has 18 heavy (non-hydrogen) atoms. The molecule has 0 bridgehead atoms. The molecule has 0 aliphatic heterocycles. The summed E-state index contributed by atoms with van der Waals surface area (Å²) < 4.78 is 4.17. The number of halogens is 2. The van der Waals surface area contributed by atoms with Crippen LogP contribution in [0.3, 0.4) is 0 Å². The molecular formula is C12H14Br2N4. The van der Waals surface area contributed by atoms with E-state index in [-0.39, 0.29) is 0 Å². The van der Waals surface area contributed by atoms with Crippen LogP contribution in [0.25, 0.3) is 0 Å². The first-order valence-corrected chi connectivity index (χ1v) is 7.30. The van der Waals surface area contributed by atoms with Crippen molar-refractivity contribution in [2.75, 3.05) is 0 Å². The van der Waals surface area contributed by atoms with Gasteiger partial charge in [-0.15, -0.1) is 10.2 Å². The van der Waals surface area contributed by atoms with Gasteiger partial charge in [0, 0.05) is 22.0 Å². The lowest BCUT2D eigenvalue weighted by atomic mass is 10.2. The molecule has 2 rings (SSSR count). The van der Waals surface area contributed by atoms with Gasteiger partial charge in [0.2, 0.25) is 0 Å². The van der Waals surface area contributed by atoms with Gasteiger partial charge in [0.25, 0.3) is 0 Å². The van der Waals surface area contributed by atoms with Gasteiger partial charge in [-0.3, -0.25) is 0 Å². The smallest absolute Gasteiger partial charge is 0.146 e. The average Bonchev–Trinajstić information content (AvgIpc) is 2.81. The van der Waals surface area contributed by atoms with Gasteiger partial charge in [-0.25, -0.2) is 0 Å². The molecule has 1 N–H and O–H groups in total. The van der Waals surface area contributed by atoms with E-state index in [2.05, 4.69) is 66.4 Å². The zero-order valence-electron chi connectivity index (χ0n) is 10.0. The van der Waals surface area contributed by atoms with Gasteiger partial charge >= 0.3 is 0 Å². The molecule has 0 amide bonds. The molecule has 0 atom stereocenters. The van der Waals surface area contributed by atoms with E-state index in [1.807, 2.05) is 10.6 Å². The third-order valence-corrected chi connectivity index (χ3v) is 4.51. The SMILES string of the molecule is CCn1cnnc1CNCc1ccc(Br)c(Br)c1. The summed E-state index contributed by atoms with van der Waals surface area (Å²) in [7, 11) is 0. The Morgan fingerprint density at radius 3 is 2.78 bits per heavy atom. The van der Waals surface area contributed by atoms with Gasteiger partial charge in [0.15, 0.2) is 0 Å². The summed E-state index contributed by atoms with van der Waals surface area (Å²) >= 11 is 6.96. The Bertz CT molecular complexity index is 525. The van der Waals surface area contributed by atoms with Crippen molar-refractivity contribution in [1.29, 1.82) is 0 Å². The van der Waals surface area contributed by atoms with Gasteiger partial charge < -0.3 is 9.88 Å². The van der Waals surface area contributed by atoms with E-state index in [0.717, 1.165) is 34.4 Å². The third kappa shape index (κ3) is 3.40. The van der Waals surface area contributed by atoms with E-state index in [1.54, 1.807) is 6.33 Å². The van der Waals surface area contributed by atoms with Crippen LogP contribution in [-0.4, -0.2) is 14.8 Å². The number of aryl methyl sites for hydroxylation is 1. The number of aromatic nitrogens is 3. The maximum atomic E-state index is 4.08. The van der Waals surface area contributed by atoms with Crippen molar-refractivity contribution in [3.05, 3.63) is 44.9 Å². The summed E-state index contributed by atoms with van der Waals surface area (Å²) in [4.78, 5) is 0. The van der Waals surface area contributed by atoms with Crippen molar-refractivity contribution in [3.63, 3.8) is 0 Å². The highest BCUT2D eigenvalue weighted by atomic mass is 79.9. The molecule has 0 saturated carbocycles. The Balaban J connectivity index is 1.90. The third-order valence-electron chi connectivity index (χ3n) is 2.63. The summed E-state index contributed by atoms with van der Waals surface area (Å²) in [5.74, 6) is 0.966. The van der Waals surface area contributed by atoms with E-state index in [0.29, 0.717) is 0 Å². The van der Waals surface area contributed by atoms with Crippen molar-refractivity contribution in [2.24, 2.45) is 0 Å². The summed E-state index contributed by atoms with van der Waals surface area (Å²) in [6, 6.07) is 6.23. The monoisotopic (exact) mass is 372 g/mol. The number of nitrogens with zero attached hydrogens (tertiary/aromatic N) is 3. The molecule has 0 unspecified atom stereocenters. The van der Waals surface area contributed by atoms with Gasteiger partial charge in [-0.2, -0.15) is 0 Å². The Hall–Kier alpha value is -0.720. The van der Waals surface area contributed by atoms with Crippen LogP contribution in [-0.2, 0) is 19.6 Å². The second-order valence-corrected chi connectivity index (χ2v) is 5.59. The van der Waals surface area contributed by atoms with Crippen molar-refractivity contribution in [1.82, 2.24) is 20.1 Å². The van der Waals surface area contributed by atoms with Gasteiger partial charge in [0.05, 0.1) is 6.54 Å². The molecule has 0 aliphatic rings. The molecule has 0 spiro atoms. The number of nitrogens with one attached hydrogen (secondary N) is 1. The lowest BCUT2D eigenvalue weighted by Gasteiger charge is -2.06. The minimum Gasteiger partial charge on any atom is -0.317 e. The fourth-order valence-corrected chi connectivity index (χ4v) is 2.32. The van der Waals surface area contributed by atoms with Crippen LogP contribution in [0.2, 0.25) is 0 Å². The highest BCUT2D eigenvalue weighted by Gasteiger charge is 2.02. The molecule has 4 nitrogen and oxygen atoms in total. The van der Waals surface area contributed by atoms with Crippen LogP contribution in [0, 0.1) is 0 Å². The van der Waals surface area contributed by atoms with E-state index in [9.17, 15) is 0 Å². The van der Waals surface area contributed by atoms with E-state index < -0.39 is 0 Å². The van der Waals surface area contributed by atoms with Crippen LogP contribution in [0.1, 0.15) is 18.3 Å². The predicted octanol–water partition coefficient (Wildman–Crippen LogP) is 3.11. The molecule has 0 radical (unpaired) electrons. The number of rotatable bonds is 5. The van der Waals surface area contributed by atoms with Crippen LogP contribution in [0.15, 0.2) is 33.5 Å². The standard InChI is InChI=1S/C12H14Br2N4/c1-2-18-8-16-17-12(18)7-15-6-9-3-4-10(13)11(14)5-9/h3-5,8,15H,2,6-7H2,1H3. The van der Waals surface area contributed by atoms with Gasteiger partial charge in [-0.1, -0.05) is 6.07 Å². The highest BCUT2D eigenvalue weighted by Crippen LogP contribution is 2.23. The number of hydrogen-bond acceptors (Lipinski definition) is 3. The fraction of sp³-hybridized carbons (Fsp3) is 0.333. The molecule has 1 aromatic carbocycles. The summed E-state index contributed by atoms with van der Waals surface area (Å²) in [6.45, 7) is 4.51. The Morgan fingerprint density at radius 2 is 2.06 bits per heavy atom. The zero-order chi connectivity index (χ0) is 13.0. The molecular weight excluding hydrogens is 360 g/mol. The molecule has 1 heterocycles. The van der Waals surface area contributed by atoms with Crippen molar-refractivity contribution in [2.45, 2.75) is 26.6 Å². The summed E-state index contributed by atoms with van der Waals surface area (Å²) in [5, 5.41) is 11.4. The van der Waals surface area contributed by atoms with Crippen LogP contribution < -0.4 is 5.32 Å². The number of hydrogen-bond donors (Lipinski definition) is 1. The minimum atomic E-state index is 0.724. The average molecular weight is 374 g/mol. The first-order chi connectivity index (χ1) is 8.70. The van der Waals surface area contributed by atoms with Gasteiger partial charge in [-0.05, 0) is 56.5 Å². The van der Waals surface area contributed by atoms with Crippen LogP contribution in [0.5, 0.6) is 0 Å². The zero-order valence-corrected chi connectivity index (χ0v) is 13.2. The summed E-state index contributed by atoms with van der Waals surface area (Å²) in [5.41, 5.74) is 1.23. The van der Waals surface area contributed by atoms with Crippen molar-refractivity contribution < 1.29 is 0 Å². The lowest BCUT2D eigenvalue weighted by molar-refractivity contribution is 0.612. The normalized spacial score (nSPS) is 10.8. The van der Waals surface area contributed by atoms with Gasteiger partial charge in [0.1, 0.15) is 12.2 Å². The molecule has 6 heteroatoms. The fourth-order valence-electron chi connectivity index (χ4n) is 1.65. The Kier molecular flexibility index (Phi) is 4.91. The second-order valence-electron chi connectivity index (χ2n) is 3.89. The van der Waals surface area contributed by atoms with E-state index >= 15 is 0 Å². The molecule has 2 aromatic rings. The second kappa shape index (κ2) is 6.45. The minimum absolute atomic E-state index is 0.724. The maximum absolute atomic E-state index is 4.08. The van der Waals surface area contributed by atoms with Crippen molar-refractivity contribution in [3.8, 4) is 0 Å². The Labute approximate surface area is 123 Å². The maximum Gasteiger partial charge on any atom is 0.146 e. The largest absolute Gasteiger partial charge is 0.317 e.